The van der Waals surface area contributed by atoms with E-state index in [1.165, 1.54) is 0 Å². The molecule has 2 aliphatic heterocycles. The first kappa shape index (κ1) is 21.1. The van der Waals surface area contributed by atoms with E-state index in [0.29, 0.717) is 5.75 Å². The molecule has 0 bridgehead atoms. The Hall–Kier alpha value is -1.66. The van der Waals surface area contributed by atoms with Crippen molar-refractivity contribution in [3.63, 3.8) is 0 Å². The van der Waals surface area contributed by atoms with Crippen LogP contribution in [-0.2, 0) is 17.7 Å². The molecule has 1 N–H and O–H groups in total. The SMILES string of the molecule is Cl.Oc1ccccc1CCN1CCC2(CC1)CN(Cc1ccccn1)CCO2. The number of phenols is 1. The number of aromatic hydroxyl groups is 1. The number of para-hydroxylation sites is 1. The van der Waals surface area contributed by atoms with Gasteiger partial charge in [-0.05, 0) is 43.0 Å². The first-order chi connectivity index (χ1) is 13.2. The molecule has 152 valence electrons. The summed E-state index contributed by atoms with van der Waals surface area (Å²) in [5.74, 6) is 0.409. The van der Waals surface area contributed by atoms with Gasteiger partial charge >= 0.3 is 0 Å². The highest BCUT2D eigenvalue weighted by Gasteiger charge is 2.39. The summed E-state index contributed by atoms with van der Waals surface area (Å²) in [5, 5.41) is 9.94. The Morgan fingerprint density at radius 2 is 1.79 bits per heavy atom. The molecule has 2 saturated heterocycles. The van der Waals surface area contributed by atoms with Crippen LogP contribution < -0.4 is 0 Å². The molecule has 4 rings (SSSR count). The molecule has 2 aliphatic rings. The summed E-state index contributed by atoms with van der Waals surface area (Å²) >= 11 is 0. The lowest BCUT2D eigenvalue weighted by Gasteiger charge is -2.47. The van der Waals surface area contributed by atoms with Gasteiger partial charge in [0.05, 0.1) is 17.9 Å². The van der Waals surface area contributed by atoms with Crippen LogP contribution in [0.1, 0.15) is 24.1 Å². The van der Waals surface area contributed by atoms with E-state index in [0.717, 1.165) is 76.4 Å². The number of hydrogen-bond donors (Lipinski definition) is 1. The molecular formula is C22H30ClN3O2. The summed E-state index contributed by atoms with van der Waals surface area (Å²) in [6.45, 7) is 6.81. The fourth-order valence-electron chi connectivity index (χ4n) is 4.27. The number of ether oxygens (including phenoxy) is 1. The molecule has 0 amide bonds. The summed E-state index contributed by atoms with van der Waals surface area (Å²) in [5.41, 5.74) is 2.17. The maximum Gasteiger partial charge on any atom is 0.118 e. The third kappa shape index (κ3) is 5.23. The maximum absolute atomic E-state index is 9.94. The number of halogens is 1. The quantitative estimate of drug-likeness (QED) is 0.831. The number of rotatable bonds is 5. The van der Waals surface area contributed by atoms with Gasteiger partial charge in [-0.1, -0.05) is 24.3 Å². The minimum absolute atomic E-state index is 0. The lowest BCUT2D eigenvalue weighted by Crippen LogP contribution is -2.56. The summed E-state index contributed by atoms with van der Waals surface area (Å²) in [6.07, 6.45) is 4.92. The second-order valence-corrected chi connectivity index (χ2v) is 7.78. The third-order valence-electron chi connectivity index (χ3n) is 5.90. The molecule has 2 aromatic rings. The molecule has 3 heterocycles. The lowest BCUT2D eigenvalue weighted by molar-refractivity contribution is -0.137. The van der Waals surface area contributed by atoms with E-state index in [-0.39, 0.29) is 18.0 Å². The number of nitrogens with zero attached hydrogens (tertiary/aromatic N) is 3. The molecule has 1 aromatic carbocycles. The average Bonchev–Trinajstić information content (AvgIpc) is 2.70. The van der Waals surface area contributed by atoms with Crippen molar-refractivity contribution in [3.05, 3.63) is 59.9 Å². The number of aromatic nitrogens is 1. The number of benzene rings is 1. The zero-order valence-electron chi connectivity index (χ0n) is 16.3. The van der Waals surface area contributed by atoms with Gasteiger partial charge in [0.1, 0.15) is 5.75 Å². The van der Waals surface area contributed by atoms with Crippen molar-refractivity contribution in [3.8, 4) is 5.75 Å². The Labute approximate surface area is 173 Å². The zero-order valence-corrected chi connectivity index (χ0v) is 17.1. The Bertz CT molecular complexity index is 736. The van der Waals surface area contributed by atoms with Crippen LogP contribution in [0.5, 0.6) is 5.75 Å². The molecule has 28 heavy (non-hydrogen) atoms. The van der Waals surface area contributed by atoms with Crippen molar-refractivity contribution >= 4 is 12.4 Å². The predicted octanol–water partition coefficient (Wildman–Crippen LogP) is 3.12. The first-order valence-electron chi connectivity index (χ1n) is 9.98. The van der Waals surface area contributed by atoms with Crippen molar-refractivity contribution in [1.82, 2.24) is 14.8 Å². The van der Waals surface area contributed by atoms with Crippen molar-refractivity contribution in [2.45, 2.75) is 31.4 Å². The Kier molecular flexibility index (Phi) is 7.30. The van der Waals surface area contributed by atoms with Crippen LogP contribution in [0, 0.1) is 0 Å². The number of hydrogen-bond acceptors (Lipinski definition) is 5. The number of likely N-dealkylation sites (tertiary alicyclic amines) is 1. The van der Waals surface area contributed by atoms with Crippen LogP contribution in [0.15, 0.2) is 48.7 Å². The van der Waals surface area contributed by atoms with Crippen LogP contribution in [0.25, 0.3) is 0 Å². The minimum atomic E-state index is -0.00157. The smallest absolute Gasteiger partial charge is 0.118 e. The topological polar surface area (TPSA) is 48.8 Å². The summed E-state index contributed by atoms with van der Waals surface area (Å²) < 4.78 is 6.28. The van der Waals surface area contributed by atoms with Gasteiger partial charge < -0.3 is 14.7 Å². The van der Waals surface area contributed by atoms with Gasteiger partial charge in [-0.25, -0.2) is 0 Å². The van der Waals surface area contributed by atoms with E-state index in [9.17, 15) is 5.11 Å². The monoisotopic (exact) mass is 403 g/mol. The molecule has 2 fully saturated rings. The molecule has 1 aromatic heterocycles. The molecule has 0 atom stereocenters. The number of morpholine rings is 1. The van der Waals surface area contributed by atoms with Crippen molar-refractivity contribution in [1.29, 1.82) is 0 Å². The highest BCUT2D eigenvalue weighted by atomic mass is 35.5. The Balaban J connectivity index is 0.00000225. The average molecular weight is 404 g/mol. The van der Waals surface area contributed by atoms with Gasteiger partial charge in [0.15, 0.2) is 0 Å². The van der Waals surface area contributed by atoms with Gasteiger partial charge in [-0.2, -0.15) is 0 Å². The van der Waals surface area contributed by atoms with Crippen LogP contribution in [0.3, 0.4) is 0 Å². The van der Waals surface area contributed by atoms with Crippen molar-refractivity contribution in [2.24, 2.45) is 0 Å². The first-order valence-corrected chi connectivity index (χ1v) is 9.98. The van der Waals surface area contributed by atoms with Crippen LogP contribution in [0.2, 0.25) is 0 Å². The van der Waals surface area contributed by atoms with Crippen LogP contribution >= 0.6 is 12.4 Å². The fraction of sp³-hybridized carbons (Fsp3) is 0.500. The van der Waals surface area contributed by atoms with Gasteiger partial charge in [0.25, 0.3) is 0 Å². The largest absolute Gasteiger partial charge is 0.508 e. The maximum atomic E-state index is 9.94. The highest BCUT2D eigenvalue weighted by molar-refractivity contribution is 5.85. The molecular weight excluding hydrogens is 374 g/mol. The van der Waals surface area contributed by atoms with Crippen LogP contribution in [0.4, 0.5) is 0 Å². The third-order valence-corrected chi connectivity index (χ3v) is 5.90. The zero-order chi connectivity index (χ0) is 18.5. The van der Waals surface area contributed by atoms with Crippen molar-refractivity contribution < 1.29 is 9.84 Å². The minimum Gasteiger partial charge on any atom is -0.508 e. The van der Waals surface area contributed by atoms with E-state index in [2.05, 4.69) is 26.9 Å². The van der Waals surface area contributed by atoms with Gasteiger partial charge in [-0.3, -0.25) is 9.88 Å². The Morgan fingerprint density at radius 1 is 1.00 bits per heavy atom. The molecule has 0 saturated carbocycles. The van der Waals surface area contributed by atoms with Gasteiger partial charge in [-0.15, -0.1) is 12.4 Å². The van der Waals surface area contributed by atoms with E-state index >= 15 is 0 Å². The predicted molar refractivity (Wildman–Crippen MR) is 113 cm³/mol. The second kappa shape index (κ2) is 9.70. The standard InChI is InChI=1S/C22H29N3O2.ClH/c26-21-7-2-1-5-19(21)8-12-24-13-9-22(10-14-24)18-25(15-16-27-22)17-20-6-3-4-11-23-20;/h1-7,11,26H,8-10,12-18H2;1H. The molecule has 0 radical (unpaired) electrons. The molecule has 1 spiro atoms. The normalized spacial score (nSPS) is 20.0. The van der Waals surface area contributed by atoms with Gasteiger partial charge in [0.2, 0.25) is 0 Å². The number of pyridine rings is 1. The summed E-state index contributed by atoms with van der Waals surface area (Å²) in [6, 6.07) is 13.8. The van der Waals surface area contributed by atoms with Crippen molar-refractivity contribution in [2.75, 3.05) is 39.3 Å². The molecule has 6 heteroatoms. The van der Waals surface area contributed by atoms with E-state index in [1.807, 2.05) is 30.5 Å². The van der Waals surface area contributed by atoms with E-state index < -0.39 is 0 Å². The number of phenolic OH excluding ortho intramolecular Hbond substituents is 1. The van der Waals surface area contributed by atoms with Crippen LogP contribution in [-0.4, -0.2) is 64.8 Å². The number of piperidine rings is 1. The second-order valence-electron chi connectivity index (χ2n) is 7.78. The fourth-order valence-corrected chi connectivity index (χ4v) is 4.27. The molecule has 0 aliphatic carbocycles. The van der Waals surface area contributed by atoms with E-state index in [4.69, 9.17) is 4.74 Å². The Morgan fingerprint density at radius 3 is 2.54 bits per heavy atom. The van der Waals surface area contributed by atoms with E-state index in [1.54, 1.807) is 6.07 Å². The van der Waals surface area contributed by atoms with Gasteiger partial charge in [0, 0.05) is 45.5 Å². The molecule has 0 unspecified atom stereocenters. The highest BCUT2D eigenvalue weighted by Crippen LogP contribution is 2.31. The summed E-state index contributed by atoms with van der Waals surface area (Å²) in [7, 11) is 0. The lowest BCUT2D eigenvalue weighted by atomic mass is 9.89. The summed E-state index contributed by atoms with van der Waals surface area (Å²) in [4.78, 5) is 9.46. The molecule has 5 nitrogen and oxygen atoms in total.